The second kappa shape index (κ2) is 8.64. The fourth-order valence-corrected chi connectivity index (χ4v) is 3.86. The normalized spacial score (nSPS) is 15.0. The number of nitrogens with zero attached hydrogens (tertiary/aromatic N) is 3. The van der Waals surface area contributed by atoms with Crippen molar-refractivity contribution >= 4 is 15.8 Å². The molecule has 0 spiro atoms. The number of aryl methyl sites for hydroxylation is 1. The van der Waals surface area contributed by atoms with Crippen LogP contribution in [0.25, 0.3) is 0 Å². The summed E-state index contributed by atoms with van der Waals surface area (Å²) in [4.78, 5) is 10.9. The lowest BCUT2D eigenvalue weighted by Crippen LogP contribution is -2.37. The molecule has 1 N–H and O–H groups in total. The van der Waals surface area contributed by atoms with Gasteiger partial charge in [0.25, 0.3) is 0 Å². The zero-order chi connectivity index (χ0) is 19.3. The van der Waals surface area contributed by atoms with Crippen LogP contribution in [-0.2, 0) is 21.3 Å². The van der Waals surface area contributed by atoms with Crippen LogP contribution in [0, 0.1) is 6.92 Å². The number of morpholine rings is 1. The maximum atomic E-state index is 12.6. The van der Waals surface area contributed by atoms with E-state index in [0.29, 0.717) is 31.4 Å². The average Bonchev–Trinajstić information content (AvgIpc) is 2.69. The topological polar surface area (TPSA) is 93.7 Å². The van der Waals surface area contributed by atoms with Crippen LogP contribution in [0.4, 0.5) is 5.82 Å². The molecule has 146 valence electrons. The van der Waals surface area contributed by atoms with E-state index >= 15 is 0 Å². The molecule has 0 unspecified atom stereocenters. The average molecular weight is 392 g/mol. The van der Waals surface area contributed by atoms with Gasteiger partial charge in [-0.25, -0.2) is 23.1 Å². The molecule has 1 aliphatic heterocycles. The van der Waals surface area contributed by atoms with E-state index in [4.69, 9.17) is 9.47 Å². The fraction of sp³-hybridized carbons (Fsp3) is 0.444. The van der Waals surface area contributed by atoms with Crippen molar-refractivity contribution in [2.24, 2.45) is 0 Å². The van der Waals surface area contributed by atoms with E-state index in [1.165, 1.54) is 6.07 Å². The highest BCUT2D eigenvalue weighted by Gasteiger charge is 2.17. The number of anilines is 1. The van der Waals surface area contributed by atoms with Gasteiger partial charge < -0.3 is 14.4 Å². The molecule has 2 aromatic rings. The van der Waals surface area contributed by atoms with Crippen molar-refractivity contribution in [3.63, 3.8) is 0 Å². The van der Waals surface area contributed by atoms with Crippen LogP contribution in [0.3, 0.4) is 0 Å². The molecule has 1 saturated heterocycles. The zero-order valence-corrected chi connectivity index (χ0v) is 16.3. The molecule has 2 heterocycles. The van der Waals surface area contributed by atoms with Gasteiger partial charge in [-0.2, -0.15) is 0 Å². The molecule has 8 nitrogen and oxygen atoms in total. The van der Waals surface area contributed by atoms with Crippen molar-refractivity contribution < 1.29 is 17.9 Å². The monoisotopic (exact) mass is 392 g/mol. The molecule has 0 atom stereocenters. The van der Waals surface area contributed by atoms with Crippen molar-refractivity contribution in [3.8, 4) is 5.75 Å². The van der Waals surface area contributed by atoms with Crippen LogP contribution in [0.1, 0.15) is 18.3 Å². The first kappa shape index (κ1) is 19.5. The fourth-order valence-electron chi connectivity index (χ4n) is 2.79. The Bertz CT molecular complexity index is 883. The van der Waals surface area contributed by atoms with E-state index in [1.54, 1.807) is 18.3 Å². The number of ether oxygens (including phenoxy) is 2. The first-order chi connectivity index (χ1) is 13.0. The smallest absolute Gasteiger partial charge is 0.240 e. The third-order valence-electron chi connectivity index (χ3n) is 4.20. The second-order valence-electron chi connectivity index (χ2n) is 6.12. The van der Waals surface area contributed by atoms with Gasteiger partial charge in [-0.15, -0.1) is 0 Å². The molecule has 0 radical (unpaired) electrons. The summed E-state index contributed by atoms with van der Waals surface area (Å²) in [7, 11) is -3.67. The maximum absolute atomic E-state index is 12.6. The Labute approximate surface area is 159 Å². The van der Waals surface area contributed by atoms with Gasteiger partial charge in [0.15, 0.2) is 0 Å². The Morgan fingerprint density at radius 1 is 1.26 bits per heavy atom. The molecular weight excluding hydrogens is 368 g/mol. The number of hydrogen-bond acceptors (Lipinski definition) is 7. The van der Waals surface area contributed by atoms with Crippen LogP contribution in [0.2, 0.25) is 0 Å². The summed E-state index contributed by atoms with van der Waals surface area (Å²) in [5.74, 6) is 1.88. The van der Waals surface area contributed by atoms with E-state index in [9.17, 15) is 8.42 Å². The highest BCUT2D eigenvalue weighted by Crippen LogP contribution is 2.22. The Morgan fingerprint density at radius 3 is 2.74 bits per heavy atom. The van der Waals surface area contributed by atoms with Crippen LogP contribution >= 0.6 is 0 Å². The molecule has 1 aliphatic rings. The molecule has 3 rings (SSSR count). The molecule has 1 aromatic carbocycles. The molecule has 1 fully saturated rings. The minimum absolute atomic E-state index is 0.0206. The minimum atomic E-state index is -3.67. The lowest BCUT2D eigenvalue weighted by atomic mass is 10.2. The van der Waals surface area contributed by atoms with Gasteiger partial charge in [-0.3, -0.25) is 0 Å². The number of rotatable bonds is 7. The molecule has 1 aromatic heterocycles. The van der Waals surface area contributed by atoms with Gasteiger partial charge in [-0.05, 0) is 43.7 Å². The zero-order valence-electron chi connectivity index (χ0n) is 15.5. The SMILES string of the molecule is CCOc1ccc(S(=O)(=O)NCc2nccc(N3CCOCC3)n2)cc1C. The van der Waals surface area contributed by atoms with Crippen molar-refractivity contribution in [2.75, 3.05) is 37.8 Å². The second-order valence-corrected chi connectivity index (χ2v) is 7.88. The van der Waals surface area contributed by atoms with E-state index in [1.807, 2.05) is 19.9 Å². The molecule has 27 heavy (non-hydrogen) atoms. The van der Waals surface area contributed by atoms with Crippen molar-refractivity contribution in [1.29, 1.82) is 0 Å². The number of hydrogen-bond donors (Lipinski definition) is 1. The summed E-state index contributed by atoms with van der Waals surface area (Å²) in [5, 5.41) is 0. The van der Waals surface area contributed by atoms with Crippen LogP contribution in [-0.4, -0.2) is 51.3 Å². The number of aromatic nitrogens is 2. The van der Waals surface area contributed by atoms with Crippen LogP contribution < -0.4 is 14.4 Å². The molecule has 0 saturated carbocycles. The standard InChI is InChI=1S/C18H24N4O4S/c1-3-26-16-5-4-15(12-14(16)2)27(23,24)20-13-17-19-7-6-18(21-17)22-8-10-25-11-9-22/h4-7,12,20H,3,8-11,13H2,1-2H3. The van der Waals surface area contributed by atoms with Gasteiger partial charge in [0.1, 0.15) is 17.4 Å². The lowest BCUT2D eigenvalue weighted by Gasteiger charge is -2.27. The van der Waals surface area contributed by atoms with Gasteiger partial charge in [0, 0.05) is 19.3 Å². The Kier molecular flexibility index (Phi) is 6.25. The van der Waals surface area contributed by atoms with Gasteiger partial charge >= 0.3 is 0 Å². The lowest BCUT2D eigenvalue weighted by molar-refractivity contribution is 0.122. The molecule has 0 bridgehead atoms. The van der Waals surface area contributed by atoms with E-state index < -0.39 is 10.0 Å². The maximum Gasteiger partial charge on any atom is 0.240 e. The summed E-state index contributed by atoms with van der Waals surface area (Å²) >= 11 is 0. The number of nitrogens with one attached hydrogen (secondary N) is 1. The molecule has 0 amide bonds. The van der Waals surface area contributed by atoms with Crippen molar-refractivity contribution in [2.45, 2.75) is 25.3 Å². The summed E-state index contributed by atoms with van der Waals surface area (Å²) in [5.41, 5.74) is 0.769. The highest BCUT2D eigenvalue weighted by atomic mass is 32.2. The quantitative estimate of drug-likeness (QED) is 0.763. The Balaban J connectivity index is 1.69. The first-order valence-corrected chi connectivity index (χ1v) is 10.4. The molecular formula is C18H24N4O4S. The third kappa shape index (κ3) is 4.94. The molecule has 9 heteroatoms. The summed E-state index contributed by atoms with van der Waals surface area (Å²) in [6, 6.07) is 6.62. The Hall–Kier alpha value is -2.23. The summed E-state index contributed by atoms with van der Waals surface area (Å²) in [6.45, 7) is 7.08. The minimum Gasteiger partial charge on any atom is -0.494 e. The first-order valence-electron chi connectivity index (χ1n) is 8.87. The summed E-state index contributed by atoms with van der Waals surface area (Å²) < 4.78 is 38.5. The van der Waals surface area contributed by atoms with E-state index in [0.717, 1.165) is 24.5 Å². The van der Waals surface area contributed by atoms with Gasteiger partial charge in [-0.1, -0.05) is 0 Å². The Morgan fingerprint density at radius 2 is 2.04 bits per heavy atom. The number of sulfonamides is 1. The van der Waals surface area contributed by atoms with E-state index in [-0.39, 0.29) is 11.4 Å². The van der Waals surface area contributed by atoms with Gasteiger partial charge in [0.2, 0.25) is 10.0 Å². The van der Waals surface area contributed by atoms with Crippen molar-refractivity contribution in [1.82, 2.24) is 14.7 Å². The summed E-state index contributed by atoms with van der Waals surface area (Å²) in [6.07, 6.45) is 1.64. The van der Waals surface area contributed by atoms with Crippen molar-refractivity contribution in [3.05, 3.63) is 41.9 Å². The molecule has 0 aliphatic carbocycles. The third-order valence-corrected chi connectivity index (χ3v) is 5.60. The van der Waals surface area contributed by atoms with E-state index in [2.05, 4.69) is 19.6 Å². The van der Waals surface area contributed by atoms with Crippen LogP contribution in [0.15, 0.2) is 35.4 Å². The predicted octanol–water partition coefficient (Wildman–Crippen LogP) is 1.50. The highest BCUT2D eigenvalue weighted by molar-refractivity contribution is 7.89. The number of benzene rings is 1. The largest absolute Gasteiger partial charge is 0.494 e. The van der Waals surface area contributed by atoms with Gasteiger partial charge in [0.05, 0.1) is 31.3 Å². The predicted molar refractivity (Wildman–Crippen MR) is 101 cm³/mol. The van der Waals surface area contributed by atoms with Crippen LogP contribution in [0.5, 0.6) is 5.75 Å².